The van der Waals surface area contributed by atoms with Crippen molar-refractivity contribution in [1.29, 1.82) is 0 Å². The van der Waals surface area contributed by atoms with Crippen LogP contribution in [0.4, 0.5) is 0 Å². The first-order valence-electron chi connectivity index (χ1n) is 14.5. The van der Waals surface area contributed by atoms with Gasteiger partial charge in [0.05, 0.1) is 0 Å². The Morgan fingerprint density at radius 2 is 1.64 bits per heavy atom. The van der Waals surface area contributed by atoms with Crippen molar-refractivity contribution in [3.63, 3.8) is 0 Å². The van der Waals surface area contributed by atoms with Crippen LogP contribution in [0, 0.1) is 5.92 Å². The molecule has 2 aromatic carbocycles. The number of benzene rings is 2. The van der Waals surface area contributed by atoms with Crippen molar-refractivity contribution < 1.29 is 0 Å². The normalized spacial score (nSPS) is 16.9. The number of rotatable bonds is 13. The van der Waals surface area contributed by atoms with E-state index in [1.165, 1.54) is 65.5 Å². The van der Waals surface area contributed by atoms with E-state index < -0.39 is 0 Å². The van der Waals surface area contributed by atoms with Gasteiger partial charge in [-0.1, -0.05) is 105 Å². The molecule has 1 saturated heterocycles. The Morgan fingerprint density at radius 1 is 0.923 bits per heavy atom. The van der Waals surface area contributed by atoms with Gasteiger partial charge in [0.2, 0.25) is 0 Å². The monoisotopic (exact) mass is 516 g/mol. The van der Waals surface area contributed by atoms with Crippen molar-refractivity contribution in [2.75, 3.05) is 19.6 Å². The van der Waals surface area contributed by atoms with Crippen LogP contribution in [0.3, 0.4) is 0 Å². The molecule has 1 N–H and O–H groups in total. The van der Waals surface area contributed by atoms with E-state index in [-0.39, 0.29) is 0 Å². The van der Waals surface area contributed by atoms with Gasteiger partial charge in [-0.15, -0.1) is 0 Å². The van der Waals surface area contributed by atoms with Crippen LogP contribution >= 0.6 is 0 Å². The maximum atomic E-state index is 4.21. The Morgan fingerprint density at radius 3 is 2.26 bits per heavy atom. The lowest BCUT2D eigenvalue weighted by molar-refractivity contribution is 0.401. The Labute approximate surface area is 236 Å². The summed E-state index contributed by atoms with van der Waals surface area (Å²) < 4.78 is 0. The largest absolute Gasteiger partial charge is 0.372 e. The van der Waals surface area contributed by atoms with E-state index in [0.717, 1.165) is 37.4 Å². The summed E-state index contributed by atoms with van der Waals surface area (Å²) >= 11 is 0. The van der Waals surface area contributed by atoms with Gasteiger partial charge in [-0.25, -0.2) is 0 Å². The highest BCUT2D eigenvalue weighted by Gasteiger charge is 2.27. The zero-order valence-corrected chi connectivity index (χ0v) is 23.7. The third kappa shape index (κ3) is 7.71. The van der Waals surface area contributed by atoms with Gasteiger partial charge < -0.3 is 10.2 Å². The fraction of sp³-hybridized carbons (Fsp3) is 0.297. The molecule has 0 unspecified atom stereocenters. The first kappa shape index (κ1) is 28.4. The molecule has 1 saturated carbocycles. The van der Waals surface area contributed by atoms with Crippen LogP contribution in [0.15, 0.2) is 128 Å². The third-order valence-corrected chi connectivity index (χ3v) is 7.76. The zero-order valence-electron chi connectivity index (χ0n) is 23.7. The number of likely N-dealkylation sites (tertiary alicyclic amines) is 1. The Bertz CT molecular complexity index is 1240. The lowest BCUT2D eigenvalue weighted by Gasteiger charge is -2.32. The molecule has 1 aliphatic carbocycles. The van der Waals surface area contributed by atoms with E-state index >= 15 is 0 Å². The first-order valence-corrected chi connectivity index (χ1v) is 14.5. The van der Waals surface area contributed by atoms with Crippen molar-refractivity contribution in [1.82, 2.24) is 10.2 Å². The van der Waals surface area contributed by atoms with Crippen LogP contribution in [0.2, 0.25) is 0 Å². The van der Waals surface area contributed by atoms with Crippen LogP contribution < -0.4 is 5.32 Å². The molecular weight excluding hydrogens is 472 g/mol. The molecule has 2 aromatic rings. The minimum absolute atomic E-state index is 0.566. The van der Waals surface area contributed by atoms with Crippen molar-refractivity contribution in [2.24, 2.45) is 5.92 Å². The molecule has 1 aliphatic heterocycles. The molecule has 0 aromatic heterocycles. The van der Waals surface area contributed by atoms with Crippen LogP contribution in [-0.2, 0) is 6.54 Å². The molecule has 2 heteroatoms. The third-order valence-electron chi connectivity index (χ3n) is 7.76. The van der Waals surface area contributed by atoms with E-state index in [4.69, 9.17) is 0 Å². The van der Waals surface area contributed by atoms with Crippen molar-refractivity contribution in [3.05, 3.63) is 144 Å². The summed E-state index contributed by atoms with van der Waals surface area (Å²) in [5.74, 6) is 0.566. The van der Waals surface area contributed by atoms with Crippen LogP contribution in [0.1, 0.15) is 55.7 Å². The number of allylic oxidation sites excluding steroid dienone is 9. The molecule has 0 atom stereocenters. The smallest absolute Gasteiger partial charge is 0.0290 e. The molecule has 4 rings (SSSR count). The molecular formula is C37H44N2. The Balaban J connectivity index is 1.59. The second kappa shape index (κ2) is 14.5. The predicted octanol–water partition coefficient (Wildman–Crippen LogP) is 8.90. The van der Waals surface area contributed by atoms with Gasteiger partial charge in [0.25, 0.3) is 0 Å². The molecule has 39 heavy (non-hydrogen) atoms. The van der Waals surface area contributed by atoms with E-state index in [0.29, 0.717) is 5.92 Å². The van der Waals surface area contributed by atoms with Crippen LogP contribution in [-0.4, -0.2) is 24.5 Å². The van der Waals surface area contributed by atoms with Gasteiger partial charge in [-0.2, -0.15) is 0 Å². The average Bonchev–Trinajstić information content (AvgIpc) is 3.48. The molecule has 2 fully saturated rings. The highest BCUT2D eigenvalue weighted by atomic mass is 15.1. The number of hydrogen-bond acceptors (Lipinski definition) is 2. The fourth-order valence-electron chi connectivity index (χ4n) is 5.41. The summed E-state index contributed by atoms with van der Waals surface area (Å²) in [6.45, 7) is 18.4. The molecule has 0 radical (unpaired) electrons. The molecule has 0 spiro atoms. The van der Waals surface area contributed by atoms with Gasteiger partial charge in [0, 0.05) is 31.9 Å². The summed E-state index contributed by atoms with van der Waals surface area (Å²) in [5.41, 5.74) is 9.81. The molecule has 2 aliphatic rings. The topological polar surface area (TPSA) is 15.3 Å². The van der Waals surface area contributed by atoms with Crippen LogP contribution in [0.25, 0.3) is 11.1 Å². The average molecular weight is 517 g/mol. The Hall–Kier alpha value is -3.62. The second-order valence-corrected chi connectivity index (χ2v) is 10.6. The van der Waals surface area contributed by atoms with Gasteiger partial charge in [-0.3, -0.25) is 0 Å². The van der Waals surface area contributed by atoms with Crippen molar-refractivity contribution >= 4 is 11.1 Å². The van der Waals surface area contributed by atoms with Gasteiger partial charge in [0.15, 0.2) is 0 Å². The van der Waals surface area contributed by atoms with Crippen molar-refractivity contribution in [3.8, 4) is 0 Å². The summed E-state index contributed by atoms with van der Waals surface area (Å²) in [4.78, 5) is 2.37. The standard InChI is InChI=1S/C37H44N2/c1-5-14-35(27-29(3)6-2)37(36(33-18-12-19-33)32-16-8-7-9-17-32)34-22-20-31(21-23-34)28-38-24-13-15-30(4)39-25-10-11-26-39/h5-9,13-17,20-23,27,33,38H,2-4,10-12,18-19,24-26,28H2,1H3/b14-5-,15-13+,35-27+,37-36-. The number of nitrogens with one attached hydrogen (secondary N) is 1. The molecule has 202 valence electrons. The van der Waals surface area contributed by atoms with Gasteiger partial charge in [0.1, 0.15) is 0 Å². The molecule has 0 amide bonds. The molecule has 2 nitrogen and oxygen atoms in total. The fourth-order valence-corrected chi connectivity index (χ4v) is 5.41. The zero-order chi connectivity index (χ0) is 27.5. The lowest BCUT2D eigenvalue weighted by atomic mass is 9.72. The number of hydrogen-bond donors (Lipinski definition) is 1. The lowest BCUT2D eigenvalue weighted by Crippen LogP contribution is -2.17. The molecule has 1 heterocycles. The highest BCUT2D eigenvalue weighted by Crippen LogP contribution is 2.45. The predicted molar refractivity (Wildman–Crippen MR) is 170 cm³/mol. The maximum absolute atomic E-state index is 4.21. The SMILES string of the molecule is C=CC(=C)/C=C(\C=C/C)C(=C(/c1ccccc1)C1CCC1)/c1ccc(CNC/C=C/C(=C)N2CCCC2)cc1. The summed E-state index contributed by atoms with van der Waals surface area (Å²) in [6, 6.07) is 20.0. The van der Waals surface area contributed by atoms with E-state index in [1.807, 2.05) is 6.08 Å². The Kier molecular flexibility index (Phi) is 10.6. The number of nitrogens with zero attached hydrogens (tertiary/aromatic N) is 1. The van der Waals surface area contributed by atoms with Crippen molar-refractivity contribution in [2.45, 2.75) is 45.6 Å². The van der Waals surface area contributed by atoms with E-state index in [1.54, 1.807) is 0 Å². The first-order chi connectivity index (χ1) is 19.1. The minimum atomic E-state index is 0.566. The summed E-state index contributed by atoms with van der Waals surface area (Å²) in [7, 11) is 0. The van der Waals surface area contributed by atoms with Crippen LogP contribution in [0.5, 0.6) is 0 Å². The van der Waals surface area contributed by atoms with E-state index in [2.05, 4.69) is 122 Å². The van der Waals surface area contributed by atoms with Gasteiger partial charge >= 0.3 is 0 Å². The summed E-state index contributed by atoms with van der Waals surface area (Å²) in [6.07, 6.45) is 19.0. The second-order valence-electron chi connectivity index (χ2n) is 10.6. The molecule has 0 bridgehead atoms. The van der Waals surface area contributed by atoms with Gasteiger partial charge in [-0.05, 0) is 89.7 Å². The summed E-state index contributed by atoms with van der Waals surface area (Å²) in [5, 5.41) is 3.55. The van der Waals surface area contributed by atoms with E-state index in [9.17, 15) is 0 Å². The highest BCUT2D eigenvalue weighted by molar-refractivity contribution is 6.01. The maximum Gasteiger partial charge on any atom is 0.0290 e. The minimum Gasteiger partial charge on any atom is -0.372 e. The quantitative estimate of drug-likeness (QED) is 0.162.